The predicted molar refractivity (Wildman–Crippen MR) is 72.7 cm³/mol. The molecule has 2 rings (SSSR count). The molecule has 0 unspecified atom stereocenters. The molecule has 104 valence electrons. The monoisotopic (exact) mass is 253 g/mol. The van der Waals surface area contributed by atoms with Gasteiger partial charge in [0.05, 0.1) is 0 Å². The van der Waals surface area contributed by atoms with Crippen molar-refractivity contribution in [1.29, 1.82) is 0 Å². The molecule has 0 amide bonds. The lowest BCUT2D eigenvalue weighted by Crippen LogP contribution is -2.63. The quantitative estimate of drug-likeness (QED) is 0.836. The molecule has 1 N–H and O–H groups in total. The van der Waals surface area contributed by atoms with Crippen molar-refractivity contribution in [3.8, 4) is 0 Å². The van der Waals surface area contributed by atoms with Crippen molar-refractivity contribution in [3.63, 3.8) is 0 Å². The number of carbonyl (C=O) groups is 1. The summed E-state index contributed by atoms with van der Waals surface area (Å²) in [6.45, 7) is 6.78. The lowest BCUT2D eigenvalue weighted by molar-refractivity contribution is -0.138. The molecule has 18 heavy (non-hydrogen) atoms. The Hall–Kier alpha value is -0.570. The number of aliphatic carboxylic acids is 1. The van der Waals surface area contributed by atoms with E-state index >= 15 is 0 Å². The summed E-state index contributed by atoms with van der Waals surface area (Å²) >= 11 is 0. The van der Waals surface area contributed by atoms with Crippen molar-refractivity contribution >= 4 is 5.97 Å². The van der Waals surface area contributed by atoms with Crippen LogP contribution in [0.3, 0.4) is 0 Å². The molecule has 3 heteroatoms. The summed E-state index contributed by atoms with van der Waals surface area (Å²) in [5.74, 6) is -0.673. The van der Waals surface area contributed by atoms with Crippen LogP contribution in [0.2, 0.25) is 0 Å². The zero-order valence-electron chi connectivity index (χ0n) is 11.9. The molecule has 0 bridgehead atoms. The molecule has 3 nitrogen and oxygen atoms in total. The van der Waals surface area contributed by atoms with Crippen molar-refractivity contribution < 1.29 is 9.90 Å². The van der Waals surface area contributed by atoms with Gasteiger partial charge in [0.2, 0.25) is 0 Å². The third-order valence-electron chi connectivity index (χ3n) is 5.02. The second-order valence-corrected chi connectivity index (χ2v) is 6.98. The molecule has 1 saturated carbocycles. The van der Waals surface area contributed by atoms with Gasteiger partial charge in [0, 0.05) is 25.0 Å². The summed E-state index contributed by atoms with van der Waals surface area (Å²) in [5, 5.41) is 8.81. The topological polar surface area (TPSA) is 40.5 Å². The van der Waals surface area contributed by atoms with Gasteiger partial charge in [-0.05, 0) is 38.5 Å². The second-order valence-electron chi connectivity index (χ2n) is 6.98. The van der Waals surface area contributed by atoms with Gasteiger partial charge in [-0.3, -0.25) is 9.69 Å². The molecular weight excluding hydrogens is 226 g/mol. The molecule has 0 atom stereocenters. The Balaban J connectivity index is 1.84. The second kappa shape index (κ2) is 5.20. The average molecular weight is 253 g/mol. The number of hydrogen-bond donors (Lipinski definition) is 1. The summed E-state index contributed by atoms with van der Waals surface area (Å²) in [6, 6.07) is 0. The third kappa shape index (κ3) is 3.05. The average Bonchev–Trinajstić information content (AvgIpc) is 2.49. The molecule has 2 fully saturated rings. The summed E-state index contributed by atoms with van der Waals surface area (Å²) in [4.78, 5) is 13.2. The fraction of sp³-hybridized carbons (Fsp3) is 0.933. The number of carboxylic acid groups (broad SMARTS) is 1. The van der Waals surface area contributed by atoms with E-state index in [1.807, 2.05) is 0 Å². The summed E-state index contributed by atoms with van der Waals surface area (Å²) in [7, 11) is 0. The van der Waals surface area contributed by atoms with Gasteiger partial charge in [-0.15, -0.1) is 0 Å². The maximum Gasteiger partial charge on any atom is 0.303 e. The number of carboxylic acids is 1. The number of rotatable bonds is 4. The SMILES string of the molecule is CC(C)(CCC(=O)O)N1CC2(CCCCCC2)C1. The maximum absolute atomic E-state index is 10.7. The lowest BCUT2D eigenvalue weighted by atomic mass is 9.71. The van der Waals surface area contributed by atoms with Gasteiger partial charge >= 0.3 is 5.97 Å². The molecule has 2 aliphatic rings. The van der Waals surface area contributed by atoms with Crippen LogP contribution in [0.15, 0.2) is 0 Å². The van der Waals surface area contributed by atoms with Gasteiger partial charge in [0.1, 0.15) is 0 Å². The minimum Gasteiger partial charge on any atom is -0.481 e. The van der Waals surface area contributed by atoms with E-state index in [4.69, 9.17) is 5.11 Å². The Bertz CT molecular complexity index is 296. The Morgan fingerprint density at radius 1 is 1.17 bits per heavy atom. The van der Waals surface area contributed by atoms with Gasteiger partial charge in [0.25, 0.3) is 0 Å². The highest BCUT2D eigenvalue weighted by molar-refractivity contribution is 5.66. The van der Waals surface area contributed by atoms with Gasteiger partial charge in [-0.1, -0.05) is 25.7 Å². The smallest absolute Gasteiger partial charge is 0.303 e. The van der Waals surface area contributed by atoms with E-state index in [-0.39, 0.29) is 12.0 Å². The zero-order valence-corrected chi connectivity index (χ0v) is 11.9. The summed E-state index contributed by atoms with van der Waals surface area (Å²) in [6.07, 6.45) is 9.42. The molecule has 1 saturated heterocycles. The van der Waals surface area contributed by atoms with Crippen LogP contribution in [0, 0.1) is 5.41 Å². The van der Waals surface area contributed by atoms with E-state index in [9.17, 15) is 4.79 Å². The Kier molecular flexibility index (Phi) is 4.00. The van der Waals surface area contributed by atoms with E-state index in [2.05, 4.69) is 18.7 Å². The first kappa shape index (κ1) is 13.9. The van der Waals surface area contributed by atoms with Crippen LogP contribution in [0.1, 0.15) is 65.2 Å². The lowest BCUT2D eigenvalue weighted by Gasteiger charge is -2.57. The normalized spacial score (nSPS) is 24.6. The van der Waals surface area contributed by atoms with Crippen LogP contribution in [-0.4, -0.2) is 34.6 Å². The van der Waals surface area contributed by atoms with Crippen LogP contribution < -0.4 is 0 Å². The maximum atomic E-state index is 10.7. The first-order valence-corrected chi connectivity index (χ1v) is 7.41. The van der Waals surface area contributed by atoms with Gasteiger partial charge < -0.3 is 5.11 Å². The van der Waals surface area contributed by atoms with Crippen LogP contribution in [0.5, 0.6) is 0 Å². The minimum absolute atomic E-state index is 0.0515. The number of nitrogens with zero attached hydrogens (tertiary/aromatic N) is 1. The zero-order chi connectivity index (χ0) is 13.2. The fourth-order valence-corrected chi connectivity index (χ4v) is 3.56. The van der Waals surface area contributed by atoms with Gasteiger partial charge in [-0.25, -0.2) is 0 Å². The van der Waals surface area contributed by atoms with Crippen LogP contribution >= 0.6 is 0 Å². The predicted octanol–water partition coefficient (Wildman–Crippen LogP) is 3.29. The molecule has 0 aromatic heterocycles. The highest BCUT2D eigenvalue weighted by atomic mass is 16.4. The molecule has 0 aromatic carbocycles. The third-order valence-corrected chi connectivity index (χ3v) is 5.02. The molecule has 0 aromatic rings. The standard InChI is InChI=1S/C15H27NO2/c1-14(2,10-7-13(17)18)16-11-15(12-16)8-5-3-4-6-9-15/h3-12H2,1-2H3,(H,17,18). The van der Waals surface area contributed by atoms with Crippen molar-refractivity contribution in [2.24, 2.45) is 5.41 Å². The highest BCUT2D eigenvalue weighted by Crippen LogP contribution is 2.46. The van der Waals surface area contributed by atoms with Crippen LogP contribution in [-0.2, 0) is 4.79 Å². The Labute approximate surface area is 111 Å². The molecule has 1 aliphatic heterocycles. The van der Waals surface area contributed by atoms with E-state index in [0.717, 1.165) is 6.42 Å². The van der Waals surface area contributed by atoms with Crippen molar-refractivity contribution in [1.82, 2.24) is 4.90 Å². The number of hydrogen-bond acceptors (Lipinski definition) is 2. The molecule has 1 spiro atoms. The van der Waals surface area contributed by atoms with Crippen molar-refractivity contribution in [3.05, 3.63) is 0 Å². The largest absolute Gasteiger partial charge is 0.481 e. The van der Waals surface area contributed by atoms with Crippen molar-refractivity contribution in [2.75, 3.05) is 13.1 Å². The molecule has 1 heterocycles. The minimum atomic E-state index is -0.673. The highest BCUT2D eigenvalue weighted by Gasteiger charge is 2.47. The van der Waals surface area contributed by atoms with Gasteiger partial charge in [-0.2, -0.15) is 0 Å². The first-order chi connectivity index (χ1) is 8.44. The Morgan fingerprint density at radius 3 is 2.22 bits per heavy atom. The van der Waals surface area contributed by atoms with Gasteiger partial charge in [0.15, 0.2) is 0 Å². The van der Waals surface area contributed by atoms with Crippen LogP contribution in [0.4, 0.5) is 0 Å². The van der Waals surface area contributed by atoms with E-state index in [1.165, 1.54) is 51.6 Å². The number of likely N-dealkylation sites (tertiary alicyclic amines) is 1. The Morgan fingerprint density at radius 2 is 1.72 bits per heavy atom. The summed E-state index contributed by atoms with van der Waals surface area (Å²) < 4.78 is 0. The van der Waals surface area contributed by atoms with E-state index in [1.54, 1.807) is 0 Å². The molecule has 0 radical (unpaired) electrons. The summed E-state index contributed by atoms with van der Waals surface area (Å²) in [5.41, 5.74) is 0.632. The van der Waals surface area contributed by atoms with Crippen LogP contribution in [0.25, 0.3) is 0 Å². The fourth-order valence-electron chi connectivity index (χ4n) is 3.56. The molecular formula is C15H27NO2. The molecule has 1 aliphatic carbocycles. The van der Waals surface area contributed by atoms with Crippen molar-refractivity contribution in [2.45, 2.75) is 70.8 Å². The van der Waals surface area contributed by atoms with E-state index < -0.39 is 5.97 Å². The first-order valence-electron chi connectivity index (χ1n) is 7.41. The van der Waals surface area contributed by atoms with E-state index in [0.29, 0.717) is 5.41 Å².